The quantitative estimate of drug-likeness (QED) is 0.875. The first kappa shape index (κ1) is 18.1. The highest BCUT2D eigenvalue weighted by atomic mass is 16.5. The van der Waals surface area contributed by atoms with Gasteiger partial charge in [0.2, 0.25) is 0 Å². The molecule has 4 atom stereocenters. The number of ether oxygens (including phenoxy) is 1. The zero-order valence-electron chi connectivity index (χ0n) is 15.8. The summed E-state index contributed by atoms with van der Waals surface area (Å²) < 4.78 is 5.97. The average molecular weight is 365 g/mol. The van der Waals surface area contributed by atoms with Gasteiger partial charge in [-0.3, -0.25) is 4.79 Å². The van der Waals surface area contributed by atoms with Crippen LogP contribution in [0.4, 0.5) is 0 Å². The number of fused-ring (bicyclic) bond motifs is 1. The van der Waals surface area contributed by atoms with Crippen LogP contribution in [0.25, 0.3) is 0 Å². The lowest BCUT2D eigenvalue weighted by Gasteiger charge is -2.26. The Hall–Kier alpha value is -2.33. The van der Waals surface area contributed by atoms with Gasteiger partial charge in [0.1, 0.15) is 12.4 Å². The van der Waals surface area contributed by atoms with Crippen LogP contribution < -0.4 is 4.74 Å². The van der Waals surface area contributed by atoms with Crippen molar-refractivity contribution >= 4 is 5.91 Å². The van der Waals surface area contributed by atoms with E-state index >= 15 is 0 Å². The number of benzene rings is 2. The van der Waals surface area contributed by atoms with Crippen molar-refractivity contribution < 1.29 is 14.6 Å². The van der Waals surface area contributed by atoms with Gasteiger partial charge in [-0.25, -0.2) is 0 Å². The molecule has 2 aliphatic rings. The van der Waals surface area contributed by atoms with Gasteiger partial charge in [-0.1, -0.05) is 42.5 Å². The first-order valence-corrected chi connectivity index (χ1v) is 9.83. The first-order chi connectivity index (χ1) is 13.1. The van der Waals surface area contributed by atoms with Crippen molar-refractivity contribution in [3.8, 4) is 5.75 Å². The van der Waals surface area contributed by atoms with E-state index in [1.807, 2.05) is 66.5 Å². The maximum atomic E-state index is 13.1. The second kappa shape index (κ2) is 7.73. The molecule has 4 nitrogen and oxygen atoms in total. The van der Waals surface area contributed by atoms with Crippen LogP contribution in [0.5, 0.6) is 5.75 Å². The summed E-state index contributed by atoms with van der Waals surface area (Å²) in [6.07, 6.45) is 3.63. The van der Waals surface area contributed by atoms with Crippen molar-refractivity contribution in [3.05, 3.63) is 65.7 Å². The van der Waals surface area contributed by atoms with Crippen molar-refractivity contribution in [2.75, 3.05) is 7.05 Å². The van der Waals surface area contributed by atoms with Crippen molar-refractivity contribution in [2.45, 2.75) is 44.4 Å². The highest BCUT2D eigenvalue weighted by Gasteiger charge is 2.43. The van der Waals surface area contributed by atoms with Crippen LogP contribution in [-0.4, -0.2) is 35.1 Å². The molecule has 1 amide bonds. The summed E-state index contributed by atoms with van der Waals surface area (Å²) in [7, 11) is 1.90. The molecule has 4 heteroatoms. The second-order valence-electron chi connectivity index (χ2n) is 7.96. The van der Waals surface area contributed by atoms with Gasteiger partial charge >= 0.3 is 0 Å². The molecular formula is C23H27NO3. The average Bonchev–Trinajstić information content (AvgIpc) is 3.23. The standard InChI is InChI=1S/C23H27NO3/c1-24(19-11-17-13-20(25)14-18(17)12-19)23(26)21-9-5-6-10-22(21)27-15-16-7-3-2-4-8-16/h2-10,17-20,25H,11-15H2,1H3/t17-,18+,19?,20?. The minimum Gasteiger partial charge on any atom is -0.488 e. The second-order valence-corrected chi connectivity index (χ2v) is 7.96. The van der Waals surface area contributed by atoms with E-state index in [0.717, 1.165) is 31.2 Å². The third-order valence-corrected chi connectivity index (χ3v) is 6.19. The van der Waals surface area contributed by atoms with Crippen LogP contribution in [-0.2, 0) is 6.61 Å². The van der Waals surface area contributed by atoms with E-state index < -0.39 is 0 Å². The molecule has 27 heavy (non-hydrogen) atoms. The molecule has 1 N–H and O–H groups in total. The number of hydrogen-bond donors (Lipinski definition) is 1. The van der Waals surface area contributed by atoms with Gasteiger partial charge in [-0.15, -0.1) is 0 Å². The molecule has 0 spiro atoms. The third kappa shape index (κ3) is 3.86. The number of carbonyl (C=O) groups is 1. The molecular weight excluding hydrogens is 338 g/mol. The number of amides is 1. The van der Waals surface area contributed by atoms with E-state index in [1.165, 1.54) is 0 Å². The van der Waals surface area contributed by atoms with E-state index in [1.54, 1.807) is 0 Å². The lowest BCUT2D eigenvalue weighted by molar-refractivity contribution is 0.0717. The van der Waals surface area contributed by atoms with Gasteiger partial charge < -0.3 is 14.7 Å². The summed E-state index contributed by atoms with van der Waals surface area (Å²) in [5.74, 6) is 1.77. The molecule has 0 bridgehead atoms. The SMILES string of the molecule is CN(C(=O)c1ccccc1OCc1ccccc1)C1C[C@H]2CC(O)C[C@H]2C1. The van der Waals surface area contributed by atoms with E-state index in [9.17, 15) is 9.90 Å². The fourth-order valence-corrected chi connectivity index (χ4v) is 4.73. The number of carbonyl (C=O) groups excluding carboxylic acids is 1. The number of rotatable bonds is 5. The Morgan fingerprint density at radius 3 is 2.33 bits per heavy atom. The molecule has 2 aromatic rings. The normalized spacial score (nSPS) is 26.6. The van der Waals surface area contributed by atoms with E-state index in [4.69, 9.17) is 4.74 Å². The maximum absolute atomic E-state index is 13.1. The Morgan fingerprint density at radius 1 is 1.00 bits per heavy atom. The molecule has 142 valence electrons. The molecule has 0 heterocycles. The van der Waals surface area contributed by atoms with Gasteiger partial charge in [-0.05, 0) is 55.2 Å². The van der Waals surface area contributed by atoms with Gasteiger partial charge in [0.05, 0.1) is 11.7 Å². The molecule has 2 aromatic carbocycles. The lowest BCUT2D eigenvalue weighted by Crippen LogP contribution is -2.36. The molecule has 0 aliphatic heterocycles. The summed E-state index contributed by atoms with van der Waals surface area (Å²) in [6, 6.07) is 17.7. The van der Waals surface area contributed by atoms with E-state index in [2.05, 4.69) is 0 Å². The van der Waals surface area contributed by atoms with Crippen molar-refractivity contribution in [1.82, 2.24) is 4.90 Å². The van der Waals surface area contributed by atoms with Crippen LogP contribution in [0.3, 0.4) is 0 Å². The minimum absolute atomic E-state index is 0.0178. The number of nitrogens with zero attached hydrogens (tertiary/aromatic N) is 1. The van der Waals surface area contributed by atoms with Crippen LogP contribution in [0, 0.1) is 11.8 Å². The predicted octanol–water partition coefficient (Wildman–Crippen LogP) is 3.89. The van der Waals surface area contributed by atoms with Gasteiger partial charge in [0.25, 0.3) is 5.91 Å². The Balaban J connectivity index is 1.44. The maximum Gasteiger partial charge on any atom is 0.257 e. The molecule has 2 fully saturated rings. The van der Waals surface area contributed by atoms with Crippen LogP contribution in [0.2, 0.25) is 0 Å². The third-order valence-electron chi connectivity index (χ3n) is 6.19. The highest BCUT2D eigenvalue weighted by molar-refractivity contribution is 5.97. The summed E-state index contributed by atoms with van der Waals surface area (Å²) in [5.41, 5.74) is 1.70. The number of aliphatic hydroxyl groups is 1. The smallest absolute Gasteiger partial charge is 0.257 e. The summed E-state index contributed by atoms with van der Waals surface area (Å²) in [6.45, 7) is 0.445. The lowest BCUT2D eigenvalue weighted by atomic mass is 10.0. The van der Waals surface area contributed by atoms with E-state index in [0.29, 0.717) is 29.8 Å². The zero-order valence-corrected chi connectivity index (χ0v) is 15.8. The summed E-state index contributed by atoms with van der Waals surface area (Å²) in [5, 5.41) is 9.84. The van der Waals surface area contributed by atoms with Gasteiger partial charge in [-0.2, -0.15) is 0 Å². The fraction of sp³-hybridized carbons (Fsp3) is 0.435. The molecule has 2 aliphatic carbocycles. The van der Waals surface area contributed by atoms with Gasteiger partial charge in [0, 0.05) is 13.1 Å². The Bertz CT molecular complexity index is 777. The van der Waals surface area contributed by atoms with Crippen LogP contribution >= 0.6 is 0 Å². The monoisotopic (exact) mass is 365 g/mol. The summed E-state index contributed by atoms with van der Waals surface area (Å²) >= 11 is 0. The van der Waals surface area contributed by atoms with Crippen LogP contribution in [0.1, 0.15) is 41.6 Å². The Kier molecular flexibility index (Phi) is 5.17. The first-order valence-electron chi connectivity index (χ1n) is 9.83. The van der Waals surface area contributed by atoms with Crippen molar-refractivity contribution in [1.29, 1.82) is 0 Å². The fourth-order valence-electron chi connectivity index (χ4n) is 4.73. The topological polar surface area (TPSA) is 49.8 Å². The number of aliphatic hydroxyl groups excluding tert-OH is 1. The number of para-hydroxylation sites is 1. The van der Waals surface area contributed by atoms with Crippen LogP contribution in [0.15, 0.2) is 54.6 Å². The predicted molar refractivity (Wildman–Crippen MR) is 105 cm³/mol. The highest BCUT2D eigenvalue weighted by Crippen LogP contribution is 2.45. The summed E-state index contributed by atoms with van der Waals surface area (Å²) in [4.78, 5) is 15.0. The molecule has 0 saturated heterocycles. The molecule has 0 aromatic heterocycles. The Labute approximate surface area is 160 Å². The molecule has 4 rings (SSSR count). The molecule has 2 unspecified atom stereocenters. The molecule has 0 radical (unpaired) electrons. The van der Waals surface area contributed by atoms with Crippen molar-refractivity contribution in [3.63, 3.8) is 0 Å². The largest absolute Gasteiger partial charge is 0.488 e. The molecule has 2 saturated carbocycles. The van der Waals surface area contributed by atoms with Gasteiger partial charge in [0.15, 0.2) is 0 Å². The Morgan fingerprint density at radius 2 is 1.63 bits per heavy atom. The number of hydrogen-bond acceptors (Lipinski definition) is 3. The van der Waals surface area contributed by atoms with Crippen molar-refractivity contribution in [2.24, 2.45) is 11.8 Å². The minimum atomic E-state index is -0.144. The zero-order chi connectivity index (χ0) is 18.8. The van der Waals surface area contributed by atoms with E-state index in [-0.39, 0.29) is 18.1 Å².